The summed E-state index contributed by atoms with van der Waals surface area (Å²) in [5, 5.41) is 3.83. The maximum absolute atomic E-state index is 13.0. The normalized spacial score (nSPS) is 16.2. The fourth-order valence-electron chi connectivity index (χ4n) is 3.37. The second-order valence-corrected chi connectivity index (χ2v) is 8.23. The number of thioether (sulfide) groups is 1. The van der Waals surface area contributed by atoms with Crippen LogP contribution in [0, 0.1) is 0 Å². The number of rotatable bonds is 5. The fraction of sp³-hybridized carbons (Fsp3) is 0.412. The van der Waals surface area contributed by atoms with Crippen LogP contribution >= 0.6 is 23.1 Å². The molecule has 0 atom stereocenters. The molecular formula is C17H18N4O3S2. The van der Waals surface area contributed by atoms with Crippen molar-refractivity contribution in [3.05, 3.63) is 33.4 Å². The smallest absolute Gasteiger partial charge is 0.324 e. The van der Waals surface area contributed by atoms with Crippen LogP contribution < -0.4 is 10.9 Å². The molecule has 0 spiro atoms. The lowest BCUT2D eigenvalue weighted by molar-refractivity contribution is -0.124. The molecule has 0 bridgehead atoms. The number of imide groups is 1. The molecule has 1 aliphatic carbocycles. The van der Waals surface area contributed by atoms with Gasteiger partial charge in [-0.15, -0.1) is 17.9 Å². The third kappa shape index (κ3) is 2.84. The summed E-state index contributed by atoms with van der Waals surface area (Å²) in [5.74, 6) is -0.216. The first-order valence-electron chi connectivity index (χ1n) is 8.47. The number of amides is 3. The van der Waals surface area contributed by atoms with E-state index < -0.39 is 0 Å². The highest BCUT2D eigenvalue weighted by Gasteiger charge is 2.27. The van der Waals surface area contributed by atoms with Crippen molar-refractivity contribution in [2.24, 2.45) is 0 Å². The Morgan fingerprint density at radius 2 is 2.23 bits per heavy atom. The van der Waals surface area contributed by atoms with Crippen molar-refractivity contribution in [3.63, 3.8) is 0 Å². The van der Waals surface area contributed by atoms with Crippen LogP contribution in [0.4, 0.5) is 4.79 Å². The minimum atomic E-state index is -0.364. The van der Waals surface area contributed by atoms with Crippen LogP contribution in [0.3, 0.4) is 0 Å². The summed E-state index contributed by atoms with van der Waals surface area (Å²) in [4.78, 5) is 44.8. The molecule has 9 heteroatoms. The van der Waals surface area contributed by atoms with Gasteiger partial charge < -0.3 is 5.32 Å². The molecule has 26 heavy (non-hydrogen) atoms. The van der Waals surface area contributed by atoms with Crippen LogP contribution in [0.1, 0.15) is 16.9 Å². The minimum Gasteiger partial charge on any atom is -0.336 e. The van der Waals surface area contributed by atoms with Crippen molar-refractivity contribution in [1.82, 2.24) is 19.8 Å². The molecule has 1 saturated heterocycles. The van der Waals surface area contributed by atoms with Gasteiger partial charge in [-0.1, -0.05) is 17.8 Å². The third-order valence-electron chi connectivity index (χ3n) is 4.58. The standard InChI is InChI=1S/C17H18N4O3S2/c1-2-7-21-15(23)13-10-4-3-5-11(10)26-14(13)19-17(21)25-9-12(22)20-8-6-18-16(20)24/h2H,1,3-9H2,(H,18,24). The fourth-order valence-corrected chi connectivity index (χ4v) is 5.56. The first-order chi connectivity index (χ1) is 12.6. The van der Waals surface area contributed by atoms with Crippen LogP contribution in [0.2, 0.25) is 0 Å². The molecule has 0 unspecified atom stereocenters. The van der Waals surface area contributed by atoms with Gasteiger partial charge in [-0.05, 0) is 24.8 Å². The zero-order valence-electron chi connectivity index (χ0n) is 14.1. The molecule has 0 radical (unpaired) electrons. The summed E-state index contributed by atoms with van der Waals surface area (Å²) in [7, 11) is 0. The van der Waals surface area contributed by atoms with Crippen molar-refractivity contribution in [2.45, 2.75) is 31.0 Å². The van der Waals surface area contributed by atoms with Gasteiger partial charge in [0, 0.05) is 24.5 Å². The van der Waals surface area contributed by atoms with Crippen LogP contribution in [0.15, 0.2) is 22.6 Å². The minimum absolute atomic E-state index is 0.0631. The number of hydrogen-bond donors (Lipinski definition) is 1. The zero-order chi connectivity index (χ0) is 18.3. The average Bonchev–Trinajstić information content (AvgIpc) is 3.31. The highest BCUT2D eigenvalue weighted by Crippen LogP contribution is 2.35. The Labute approximate surface area is 158 Å². The van der Waals surface area contributed by atoms with Crippen molar-refractivity contribution >= 4 is 45.3 Å². The van der Waals surface area contributed by atoms with Gasteiger partial charge in [-0.25, -0.2) is 9.78 Å². The number of carbonyl (C=O) groups is 2. The molecule has 1 fully saturated rings. The Morgan fingerprint density at radius 3 is 2.96 bits per heavy atom. The van der Waals surface area contributed by atoms with E-state index in [0.29, 0.717) is 24.8 Å². The lowest BCUT2D eigenvalue weighted by Crippen LogP contribution is -2.35. The highest BCUT2D eigenvalue weighted by molar-refractivity contribution is 7.99. The van der Waals surface area contributed by atoms with Crippen LogP contribution in [0.25, 0.3) is 10.2 Å². The maximum atomic E-state index is 13.0. The largest absolute Gasteiger partial charge is 0.336 e. The van der Waals surface area contributed by atoms with Gasteiger partial charge >= 0.3 is 6.03 Å². The number of carbonyl (C=O) groups excluding carboxylic acids is 2. The summed E-state index contributed by atoms with van der Waals surface area (Å²) in [6.07, 6.45) is 4.67. The zero-order valence-corrected chi connectivity index (χ0v) is 15.8. The molecule has 136 valence electrons. The Hall–Kier alpha value is -2.13. The predicted molar refractivity (Wildman–Crippen MR) is 102 cm³/mol. The quantitative estimate of drug-likeness (QED) is 0.478. The van der Waals surface area contributed by atoms with Gasteiger partial charge in [0.25, 0.3) is 5.56 Å². The van der Waals surface area contributed by atoms with Gasteiger partial charge in [0.15, 0.2) is 5.16 Å². The van der Waals surface area contributed by atoms with Crippen molar-refractivity contribution in [2.75, 3.05) is 18.8 Å². The second kappa shape index (κ2) is 6.88. The number of hydrogen-bond acceptors (Lipinski definition) is 6. The number of thiophene rings is 1. The number of urea groups is 1. The Balaban J connectivity index is 1.66. The molecular weight excluding hydrogens is 372 g/mol. The Kier molecular flexibility index (Phi) is 4.58. The number of nitrogens with zero attached hydrogens (tertiary/aromatic N) is 3. The highest BCUT2D eigenvalue weighted by atomic mass is 32.2. The summed E-state index contributed by atoms with van der Waals surface area (Å²) in [6.45, 7) is 4.92. The van der Waals surface area contributed by atoms with Gasteiger partial charge in [-0.3, -0.25) is 19.1 Å². The maximum Gasteiger partial charge on any atom is 0.324 e. The number of fused-ring (bicyclic) bond motifs is 3. The van der Waals surface area contributed by atoms with E-state index >= 15 is 0 Å². The van der Waals surface area contributed by atoms with Crippen molar-refractivity contribution in [3.8, 4) is 0 Å². The Bertz CT molecular complexity index is 979. The number of aryl methyl sites for hydroxylation is 2. The summed E-state index contributed by atoms with van der Waals surface area (Å²) in [5.41, 5.74) is 1.07. The van der Waals surface area contributed by atoms with E-state index in [1.54, 1.807) is 22.0 Å². The molecule has 3 amide bonds. The predicted octanol–water partition coefficient (Wildman–Crippen LogP) is 1.78. The summed E-state index contributed by atoms with van der Waals surface area (Å²) >= 11 is 2.77. The third-order valence-corrected chi connectivity index (χ3v) is 6.73. The SMILES string of the molecule is C=CCn1c(SCC(=O)N2CCNC2=O)nc2sc3c(c2c1=O)CCC3. The molecule has 2 aromatic rings. The molecule has 0 saturated carbocycles. The van der Waals surface area contributed by atoms with Gasteiger partial charge in [0.2, 0.25) is 5.91 Å². The first kappa shape index (κ1) is 17.3. The average molecular weight is 390 g/mol. The van der Waals surface area contributed by atoms with Crippen LogP contribution in [-0.4, -0.2) is 45.2 Å². The van der Waals surface area contributed by atoms with Crippen LogP contribution in [-0.2, 0) is 24.2 Å². The van der Waals surface area contributed by atoms with Crippen molar-refractivity contribution < 1.29 is 9.59 Å². The summed E-state index contributed by atoms with van der Waals surface area (Å²) in [6, 6.07) is -0.364. The molecule has 2 aromatic heterocycles. The molecule has 4 rings (SSSR count). The van der Waals surface area contributed by atoms with Gasteiger partial charge in [-0.2, -0.15) is 0 Å². The van der Waals surface area contributed by atoms with Gasteiger partial charge in [0.05, 0.1) is 11.1 Å². The monoisotopic (exact) mass is 390 g/mol. The number of allylic oxidation sites excluding steroid dienone is 1. The van der Waals surface area contributed by atoms with Gasteiger partial charge in [0.1, 0.15) is 4.83 Å². The number of aromatic nitrogens is 2. The lowest BCUT2D eigenvalue weighted by atomic mass is 10.2. The molecule has 3 heterocycles. The second-order valence-electron chi connectivity index (χ2n) is 6.20. The number of nitrogens with one attached hydrogen (secondary N) is 1. The topological polar surface area (TPSA) is 84.3 Å². The van der Waals surface area contributed by atoms with E-state index in [0.717, 1.165) is 35.0 Å². The van der Waals surface area contributed by atoms with Crippen LogP contribution in [0.5, 0.6) is 0 Å². The van der Waals surface area contributed by atoms with E-state index in [-0.39, 0.29) is 23.3 Å². The van der Waals surface area contributed by atoms with E-state index in [1.165, 1.54) is 21.5 Å². The van der Waals surface area contributed by atoms with E-state index in [9.17, 15) is 14.4 Å². The molecule has 7 nitrogen and oxygen atoms in total. The molecule has 1 aliphatic heterocycles. The molecule has 1 N–H and O–H groups in total. The molecule has 0 aromatic carbocycles. The summed E-state index contributed by atoms with van der Waals surface area (Å²) < 4.78 is 1.57. The van der Waals surface area contributed by atoms with E-state index in [4.69, 9.17) is 0 Å². The first-order valence-corrected chi connectivity index (χ1v) is 10.3. The van der Waals surface area contributed by atoms with E-state index in [1.807, 2.05) is 0 Å². The lowest BCUT2D eigenvalue weighted by Gasteiger charge is -2.13. The van der Waals surface area contributed by atoms with E-state index in [2.05, 4.69) is 16.9 Å². The Morgan fingerprint density at radius 1 is 1.38 bits per heavy atom. The molecule has 2 aliphatic rings. The van der Waals surface area contributed by atoms with Crippen molar-refractivity contribution in [1.29, 1.82) is 0 Å².